The maximum Gasteiger partial charge on any atom is 0.315 e. The Morgan fingerprint density at radius 3 is 3.08 bits per heavy atom. The molecule has 0 aromatic carbocycles. The lowest BCUT2D eigenvalue weighted by molar-refractivity contribution is -0.135. The van der Waals surface area contributed by atoms with Crippen molar-refractivity contribution in [2.24, 2.45) is 0 Å². The minimum atomic E-state index is -0.974. The van der Waals surface area contributed by atoms with Gasteiger partial charge in [0.05, 0.1) is 0 Å². The van der Waals surface area contributed by atoms with Crippen LogP contribution in [0.15, 0.2) is 5.38 Å². The summed E-state index contributed by atoms with van der Waals surface area (Å²) in [6.45, 7) is 0. The van der Waals surface area contributed by atoms with E-state index >= 15 is 0 Å². The summed E-state index contributed by atoms with van der Waals surface area (Å²) in [6, 6.07) is 0. The van der Waals surface area contributed by atoms with E-state index in [-0.39, 0.29) is 6.42 Å². The molecule has 0 amide bonds. The Labute approximate surface area is 78.2 Å². The van der Waals surface area contributed by atoms with E-state index in [9.17, 15) is 9.59 Å². The number of aromatic nitrogens is 1. The van der Waals surface area contributed by atoms with Crippen LogP contribution in [-0.2, 0) is 4.79 Å². The van der Waals surface area contributed by atoms with Crippen LogP contribution in [0.25, 0.3) is 0 Å². The number of carbonyl (C=O) groups is 2. The Kier molecular flexibility index (Phi) is 3.17. The van der Waals surface area contributed by atoms with Crippen LogP contribution in [0.2, 0.25) is 0 Å². The van der Waals surface area contributed by atoms with Crippen molar-refractivity contribution in [3.05, 3.63) is 16.1 Å². The van der Waals surface area contributed by atoms with E-state index in [4.69, 9.17) is 5.11 Å². The predicted molar refractivity (Wildman–Crippen MR) is 46.6 cm³/mol. The molecule has 1 rings (SSSR count). The van der Waals surface area contributed by atoms with Crippen LogP contribution in [0.5, 0.6) is 0 Å². The zero-order valence-electron chi connectivity index (χ0n) is 6.48. The second-order valence-electron chi connectivity index (χ2n) is 2.06. The Morgan fingerprint density at radius 2 is 2.54 bits per heavy atom. The number of rotatable bonds is 2. The summed E-state index contributed by atoms with van der Waals surface area (Å²) in [5.41, 5.74) is 0.438. The van der Waals surface area contributed by atoms with Gasteiger partial charge in [-0.2, -0.15) is 0 Å². The average molecular weight is 195 g/mol. The fourth-order valence-corrected chi connectivity index (χ4v) is 1.16. The molecule has 5 heteroatoms. The summed E-state index contributed by atoms with van der Waals surface area (Å²) in [7, 11) is 0. The van der Waals surface area contributed by atoms with Crippen LogP contribution in [0.1, 0.15) is 21.9 Å². The molecule has 0 aliphatic rings. The normalized spacial score (nSPS) is 8.62. The van der Waals surface area contributed by atoms with Gasteiger partial charge in [-0.3, -0.25) is 9.59 Å². The molecule has 1 N–H and O–H groups in total. The molecule has 66 valence electrons. The fourth-order valence-electron chi connectivity index (χ4n) is 0.610. The average Bonchev–Trinajstić information content (AvgIpc) is 2.52. The smallest absolute Gasteiger partial charge is 0.315 e. The van der Waals surface area contributed by atoms with E-state index in [1.54, 1.807) is 5.38 Å². The van der Waals surface area contributed by atoms with E-state index in [0.717, 1.165) is 0 Å². The first-order chi connectivity index (χ1) is 6.22. The summed E-state index contributed by atoms with van der Waals surface area (Å²) in [6.07, 6.45) is 0.418. The maximum absolute atomic E-state index is 10.2. The van der Waals surface area contributed by atoms with Gasteiger partial charge in [0.1, 0.15) is 12.1 Å². The highest BCUT2D eigenvalue weighted by Crippen LogP contribution is 2.05. The zero-order valence-corrected chi connectivity index (χ0v) is 7.30. The molecule has 4 nitrogen and oxygen atoms in total. The third-order valence-corrected chi connectivity index (χ3v) is 1.85. The van der Waals surface area contributed by atoms with Crippen molar-refractivity contribution in [2.75, 3.05) is 0 Å². The van der Waals surface area contributed by atoms with Crippen LogP contribution in [0.3, 0.4) is 0 Å². The maximum atomic E-state index is 10.2. The number of nitrogens with zero attached hydrogens (tertiary/aromatic N) is 1. The van der Waals surface area contributed by atoms with Gasteiger partial charge in [0.15, 0.2) is 11.3 Å². The number of aliphatic carboxylic acids is 1. The number of hydrogen-bond donors (Lipinski definition) is 1. The number of hydrogen-bond acceptors (Lipinski definition) is 4. The number of carboxylic acid groups (broad SMARTS) is 1. The van der Waals surface area contributed by atoms with Crippen molar-refractivity contribution in [1.82, 2.24) is 4.98 Å². The highest BCUT2D eigenvalue weighted by Gasteiger charge is 1.96. The second kappa shape index (κ2) is 4.38. The molecule has 0 aliphatic carbocycles. The van der Waals surface area contributed by atoms with Gasteiger partial charge in [-0.05, 0) is 5.92 Å². The molecule has 0 aliphatic heterocycles. The van der Waals surface area contributed by atoms with Crippen molar-refractivity contribution < 1.29 is 14.7 Å². The summed E-state index contributed by atoms with van der Waals surface area (Å²) < 4.78 is 0. The quantitative estimate of drug-likeness (QED) is 0.559. The van der Waals surface area contributed by atoms with Gasteiger partial charge in [0.2, 0.25) is 0 Å². The Bertz CT molecular complexity index is 386. The van der Waals surface area contributed by atoms with E-state index in [1.165, 1.54) is 11.3 Å². The number of carboxylic acids is 1. The lowest BCUT2D eigenvalue weighted by Crippen LogP contribution is -1.90. The Hall–Kier alpha value is -1.67. The first-order valence-corrected chi connectivity index (χ1v) is 4.21. The highest BCUT2D eigenvalue weighted by molar-refractivity contribution is 7.11. The van der Waals surface area contributed by atoms with Crippen molar-refractivity contribution in [2.45, 2.75) is 6.42 Å². The highest BCUT2D eigenvalue weighted by atomic mass is 32.1. The molecule has 0 unspecified atom stereocenters. The van der Waals surface area contributed by atoms with E-state index in [1.807, 2.05) is 0 Å². The molecule has 0 spiro atoms. The number of thiazole rings is 1. The fraction of sp³-hybridized carbons (Fsp3) is 0.125. The number of aldehydes is 1. The third kappa shape index (κ3) is 3.05. The summed E-state index contributed by atoms with van der Waals surface area (Å²) in [5.74, 6) is 3.98. The van der Waals surface area contributed by atoms with Crippen LogP contribution >= 0.6 is 11.3 Å². The topological polar surface area (TPSA) is 67.3 Å². The van der Waals surface area contributed by atoms with Crippen LogP contribution in [0.4, 0.5) is 0 Å². The first kappa shape index (κ1) is 9.42. The number of carbonyl (C=O) groups excluding carboxylic acids is 1. The van der Waals surface area contributed by atoms with Crippen molar-refractivity contribution >= 4 is 23.6 Å². The monoisotopic (exact) mass is 195 g/mol. The third-order valence-electron chi connectivity index (χ3n) is 1.08. The van der Waals surface area contributed by atoms with Crippen molar-refractivity contribution in [3.63, 3.8) is 0 Å². The largest absolute Gasteiger partial charge is 0.481 e. The van der Waals surface area contributed by atoms with Gasteiger partial charge in [-0.25, -0.2) is 4.98 Å². The Balaban J connectivity index is 2.66. The summed E-state index contributed by atoms with van der Waals surface area (Å²) in [4.78, 5) is 24.1. The molecular weight excluding hydrogens is 190 g/mol. The molecule has 13 heavy (non-hydrogen) atoms. The molecule has 0 atom stereocenters. The standard InChI is InChI=1S/C8H5NO3S/c10-4-7-9-6(5-13-7)2-1-3-8(11)12/h4-5H,3H2,(H,11,12). The lowest BCUT2D eigenvalue weighted by Gasteiger charge is -1.77. The molecule has 0 saturated heterocycles. The summed E-state index contributed by atoms with van der Waals surface area (Å²) >= 11 is 1.18. The minimum Gasteiger partial charge on any atom is -0.481 e. The van der Waals surface area contributed by atoms with Gasteiger partial charge in [-0.15, -0.1) is 11.3 Å². The van der Waals surface area contributed by atoms with Crippen LogP contribution < -0.4 is 0 Å². The van der Waals surface area contributed by atoms with Crippen LogP contribution in [-0.4, -0.2) is 22.3 Å². The SMILES string of the molecule is O=Cc1nc(C#CCC(=O)O)cs1. The molecule has 1 aromatic heterocycles. The first-order valence-electron chi connectivity index (χ1n) is 3.33. The van der Waals surface area contributed by atoms with E-state index in [0.29, 0.717) is 17.0 Å². The molecule has 0 radical (unpaired) electrons. The Morgan fingerprint density at radius 1 is 1.77 bits per heavy atom. The minimum absolute atomic E-state index is 0.214. The molecule has 0 saturated carbocycles. The second-order valence-corrected chi connectivity index (χ2v) is 2.95. The van der Waals surface area contributed by atoms with E-state index < -0.39 is 5.97 Å². The zero-order chi connectivity index (χ0) is 9.68. The van der Waals surface area contributed by atoms with Gasteiger partial charge in [-0.1, -0.05) is 5.92 Å². The van der Waals surface area contributed by atoms with Crippen LogP contribution in [0, 0.1) is 11.8 Å². The molecule has 1 aromatic rings. The van der Waals surface area contributed by atoms with Crippen molar-refractivity contribution in [1.29, 1.82) is 0 Å². The molecular formula is C8H5NO3S. The van der Waals surface area contributed by atoms with Gasteiger partial charge in [0.25, 0.3) is 0 Å². The lowest BCUT2D eigenvalue weighted by atomic mass is 10.4. The molecule has 0 bridgehead atoms. The van der Waals surface area contributed by atoms with Gasteiger partial charge in [0, 0.05) is 5.38 Å². The molecule has 0 fully saturated rings. The summed E-state index contributed by atoms with van der Waals surface area (Å²) in [5, 5.41) is 10.2. The van der Waals surface area contributed by atoms with E-state index in [2.05, 4.69) is 16.8 Å². The molecule has 1 heterocycles. The van der Waals surface area contributed by atoms with Crippen molar-refractivity contribution in [3.8, 4) is 11.8 Å². The van der Waals surface area contributed by atoms with Gasteiger partial charge < -0.3 is 5.11 Å². The predicted octanol–water partition coefficient (Wildman–Crippen LogP) is 0.782. The van der Waals surface area contributed by atoms with Gasteiger partial charge >= 0.3 is 5.97 Å².